The molecule has 1 N–H and O–H groups in total. The maximum Gasteiger partial charge on any atom is 0.253 e. The van der Waals surface area contributed by atoms with Gasteiger partial charge in [0.05, 0.1) is 11.6 Å². The number of benzene rings is 1. The SMILES string of the molecule is C#CC(NC(=O)c1ccc(F)cc1I)C(C)C. The molecule has 4 heteroatoms. The summed E-state index contributed by atoms with van der Waals surface area (Å²) in [4.78, 5) is 11.9. The number of hydrogen-bond acceptors (Lipinski definition) is 1. The Morgan fingerprint density at radius 2 is 2.18 bits per heavy atom. The summed E-state index contributed by atoms with van der Waals surface area (Å²) in [6.45, 7) is 3.86. The molecule has 0 aromatic heterocycles. The van der Waals surface area contributed by atoms with E-state index in [9.17, 15) is 9.18 Å². The molecule has 0 aliphatic heterocycles. The molecule has 0 radical (unpaired) electrons. The van der Waals surface area contributed by atoms with Crippen LogP contribution in [0.25, 0.3) is 0 Å². The Morgan fingerprint density at radius 1 is 1.53 bits per heavy atom. The van der Waals surface area contributed by atoms with Gasteiger partial charge in [0.15, 0.2) is 0 Å². The number of halogens is 2. The standard InChI is InChI=1S/C13H13FINO/c1-4-12(8(2)3)16-13(17)10-6-5-9(14)7-11(10)15/h1,5-8,12H,2-3H3,(H,16,17). The van der Waals surface area contributed by atoms with Crippen LogP contribution in [-0.4, -0.2) is 11.9 Å². The summed E-state index contributed by atoms with van der Waals surface area (Å²) in [5, 5.41) is 2.74. The van der Waals surface area contributed by atoms with E-state index in [2.05, 4.69) is 11.2 Å². The highest BCUT2D eigenvalue weighted by molar-refractivity contribution is 14.1. The molecule has 2 nitrogen and oxygen atoms in total. The average molecular weight is 345 g/mol. The molecule has 0 saturated carbocycles. The third-order valence-corrected chi connectivity index (χ3v) is 3.20. The monoisotopic (exact) mass is 345 g/mol. The summed E-state index contributed by atoms with van der Waals surface area (Å²) in [5.74, 6) is 2.05. The molecule has 1 rings (SSSR count). The van der Waals surface area contributed by atoms with Gasteiger partial charge in [-0.1, -0.05) is 19.8 Å². The van der Waals surface area contributed by atoms with Gasteiger partial charge in [-0.3, -0.25) is 4.79 Å². The minimum absolute atomic E-state index is 0.155. The third-order valence-electron chi connectivity index (χ3n) is 2.31. The molecule has 1 unspecified atom stereocenters. The first kappa shape index (κ1) is 14.0. The zero-order valence-corrected chi connectivity index (χ0v) is 11.8. The predicted molar refractivity (Wildman–Crippen MR) is 74.0 cm³/mol. The van der Waals surface area contributed by atoms with Crippen LogP contribution in [0.4, 0.5) is 4.39 Å². The van der Waals surface area contributed by atoms with E-state index in [4.69, 9.17) is 6.42 Å². The van der Waals surface area contributed by atoms with Crippen LogP contribution in [-0.2, 0) is 0 Å². The van der Waals surface area contributed by atoms with E-state index >= 15 is 0 Å². The fourth-order valence-electron chi connectivity index (χ4n) is 1.29. The van der Waals surface area contributed by atoms with Crippen LogP contribution in [0, 0.1) is 27.6 Å². The Morgan fingerprint density at radius 3 is 2.65 bits per heavy atom. The van der Waals surface area contributed by atoms with Crippen LogP contribution < -0.4 is 5.32 Å². The van der Waals surface area contributed by atoms with E-state index in [0.29, 0.717) is 9.13 Å². The van der Waals surface area contributed by atoms with E-state index in [0.717, 1.165) is 0 Å². The highest BCUT2D eigenvalue weighted by Crippen LogP contribution is 2.14. The van der Waals surface area contributed by atoms with Crippen molar-refractivity contribution < 1.29 is 9.18 Å². The van der Waals surface area contributed by atoms with Crippen LogP contribution in [0.2, 0.25) is 0 Å². The number of hydrogen-bond donors (Lipinski definition) is 1. The van der Waals surface area contributed by atoms with Gasteiger partial charge in [-0.05, 0) is 46.7 Å². The summed E-state index contributed by atoms with van der Waals surface area (Å²) in [6.07, 6.45) is 5.34. The van der Waals surface area contributed by atoms with Crippen molar-refractivity contribution in [3.05, 3.63) is 33.1 Å². The summed E-state index contributed by atoms with van der Waals surface area (Å²) >= 11 is 1.92. The van der Waals surface area contributed by atoms with Gasteiger partial charge in [-0.15, -0.1) is 6.42 Å². The van der Waals surface area contributed by atoms with Crippen LogP contribution in [0.3, 0.4) is 0 Å². The largest absolute Gasteiger partial charge is 0.338 e. The van der Waals surface area contributed by atoms with Crippen LogP contribution in [0.5, 0.6) is 0 Å². The topological polar surface area (TPSA) is 29.1 Å². The highest BCUT2D eigenvalue weighted by atomic mass is 127. The lowest BCUT2D eigenvalue weighted by Crippen LogP contribution is -2.37. The lowest BCUT2D eigenvalue weighted by molar-refractivity contribution is 0.0937. The number of carbonyl (C=O) groups is 1. The van der Waals surface area contributed by atoms with Crippen molar-refractivity contribution in [2.75, 3.05) is 0 Å². The summed E-state index contributed by atoms with van der Waals surface area (Å²) in [7, 11) is 0. The minimum Gasteiger partial charge on any atom is -0.338 e. The zero-order valence-electron chi connectivity index (χ0n) is 9.63. The molecule has 1 aromatic rings. The second-order valence-corrected chi connectivity index (χ2v) is 5.15. The molecular weight excluding hydrogens is 332 g/mol. The molecule has 1 atom stereocenters. The minimum atomic E-state index is -0.358. The molecule has 0 aliphatic carbocycles. The van der Waals surface area contributed by atoms with Gasteiger partial charge in [0.25, 0.3) is 5.91 Å². The Balaban J connectivity index is 2.87. The van der Waals surface area contributed by atoms with Gasteiger partial charge in [0.2, 0.25) is 0 Å². The van der Waals surface area contributed by atoms with E-state index in [1.807, 2.05) is 36.4 Å². The summed E-state index contributed by atoms with van der Waals surface area (Å²) < 4.78 is 13.5. The van der Waals surface area contributed by atoms with E-state index < -0.39 is 0 Å². The Labute approximate surface area is 114 Å². The summed E-state index contributed by atoms with van der Waals surface area (Å²) in [6, 6.07) is 3.72. The van der Waals surface area contributed by atoms with Crippen LogP contribution in [0.15, 0.2) is 18.2 Å². The molecule has 0 fully saturated rings. The van der Waals surface area contributed by atoms with Crippen molar-refractivity contribution in [3.8, 4) is 12.3 Å². The van der Waals surface area contributed by atoms with Crippen molar-refractivity contribution in [2.45, 2.75) is 19.9 Å². The molecule has 90 valence electrons. The van der Waals surface area contributed by atoms with Crippen molar-refractivity contribution in [3.63, 3.8) is 0 Å². The normalized spacial score (nSPS) is 12.0. The zero-order chi connectivity index (χ0) is 13.0. The Hall–Kier alpha value is -1.09. The molecule has 0 aliphatic rings. The van der Waals surface area contributed by atoms with E-state index in [1.54, 1.807) is 0 Å². The number of rotatable bonds is 3. The summed E-state index contributed by atoms with van der Waals surface area (Å²) in [5.41, 5.74) is 0.438. The predicted octanol–water partition coefficient (Wildman–Crippen LogP) is 2.82. The highest BCUT2D eigenvalue weighted by Gasteiger charge is 2.16. The molecule has 0 saturated heterocycles. The van der Waals surface area contributed by atoms with Gasteiger partial charge in [-0.25, -0.2) is 4.39 Å². The molecule has 0 heterocycles. The van der Waals surface area contributed by atoms with Crippen molar-refractivity contribution in [1.29, 1.82) is 0 Å². The fourth-order valence-corrected chi connectivity index (χ4v) is 2.02. The fraction of sp³-hybridized carbons (Fsp3) is 0.308. The second-order valence-electron chi connectivity index (χ2n) is 3.99. The number of carbonyl (C=O) groups excluding carboxylic acids is 1. The number of terminal acetylenes is 1. The smallest absolute Gasteiger partial charge is 0.253 e. The molecule has 0 spiro atoms. The van der Waals surface area contributed by atoms with Crippen LogP contribution >= 0.6 is 22.6 Å². The lowest BCUT2D eigenvalue weighted by Gasteiger charge is -2.17. The van der Waals surface area contributed by atoms with Crippen molar-refractivity contribution in [1.82, 2.24) is 5.32 Å². The average Bonchev–Trinajstić information content (AvgIpc) is 2.24. The molecule has 0 bridgehead atoms. The van der Waals surface area contributed by atoms with Crippen molar-refractivity contribution in [2.24, 2.45) is 5.92 Å². The Kier molecular flexibility index (Phi) is 4.94. The molecule has 1 amide bonds. The maximum absolute atomic E-state index is 12.9. The number of amides is 1. The maximum atomic E-state index is 12.9. The van der Waals surface area contributed by atoms with Gasteiger partial charge in [-0.2, -0.15) is 0 Å². The molecule has 17 heavy (non-hydrogen) atoms. The quantitative estimate of drug-likeness (QED) is 0.663. The van der Waals surface area contributed by atoms with Gasteiger partial charge in [0, 0.05) is 3.57 Å². The van der Waals surface area contributed by atoms with Gasteiger partial charge in [0.1, 0.15) is 5.82 Å². The van der Waals surface area contributed by atoms with Gasteiger partial charge >= 0.3 is 0 Å². The Bertz CT molecular complexity index is 465. The first-order valence-corrected chi connectivity index (χ1v) is 6.25. The van der Waals surface area contributed by atoms with Gasteiger partial charge < -0.3 is 5.32 Å². The molecular formula is C13H13FINO. The van der Waals surface area contributed by atoms with Crippen LogP contribution in [0.1, 0.15) is 24.2 Å². The van der Waals surface area contributed by atoms with E-state index in [-0.39, 0.29) is 23.7 Å². The first-order valence-electron chi connectivity index (χ1n) is 5.17. The number of nitrogens with one attached hydrogen (secondary N) is 1. The molecule has 1 aromatic carbocycles. The first-order chi connectivity index (χ1) is 7.95. The van der Waals surface area contributed by atoms with Crippen molar-refractivity contribution >= 4 is 28.5 Å². The second kappa shape index (κ2) is 6.01. The lowest BCUT2D eigenvalue weighted by atomic mass is 10.0. The third kappa shape index (κ3) is 3.70. The van der Waals surface area contributed by atoms with E-state index in [1.165, 1.54) is 18.2 Å².